The third kappa shape index (κ3) is 6.25. The molecule has 9 nitrogen and oxygen atoms in total. The Hall–Kier alpha value is -3.50. The van der Waals surface area contributed by atoms with Gasteiger partial charge in [-0.25, -0.2) is 9.97 Å². The number of aryl methyl sites for hydroxylation is 1. The second-order valence-corrected chi connectivity index (χ2v) is 7.90. The number of likely N-dealkylation sites (N-methyl/N-ethyl adjacent to an activating group) is 1. The number of anilines is 2. The Morgan fingerprint density at radius 1 is 1.03 bits per heavy atom. The van der Waals surface area contributed by atoms with Crippen molar-refractivity contribution >= 4 is 34.1 Å². The molecule has 0 aliphatic heterocycles. The largest absolute Gasteiger partial charge is 0.497 e. The van der Waals surface area contributed by atoms with Crippen LogP contribution in [0.1, 0.15) is 5.69 Å². The maximum absolute atomic E-state index is 12.4. The number of ether oxygens (including phenoxy) is 2. The summed E-state index contributed by atoms with van der Waals surface area (Å²) in [7, 11) is 4.86. The van der Waals surface area contributed by atoms with Crippen LogP contribution in [0.2, 0.25) is 0 Å². The van der Waals surface area contributed by atoms with Crippen LogP contribution in [-0.4, -0.2) is 61.0 Å². The zero-order valence-electron chi connectivity index (χ0n) is 18.3. The van der Waals surface area contributed by atoms with Crippen LogP contribution in [0.3, 0.4) is 0 Å². The summed E-state index contributed by atoms with van der Waals surface area (Å²) in [5.41, 5.74) is 2.29. The number of nitrogens with zero attached hydrogens (tertiary/aromatic N) is 3. The molecule has 2 amide bonds. The van der Waals surface area contributed by atoms with Gasteiger partial charge in [-0.2, -0.15) is 0 Å². The van der Waals surface area contributed by atoms with Crippen LogP contribution < -0.4 is 20.1 Å². The topological polar surface area (TPSA) is 106 Å². The van der Waals surface area contributed by atoms with E-state index in [1.165, 1.54) is 11.3 Å². The summed E-state index contributed by atoms with van der Waals surface area (Å²) >= 11 is 1.31. The number of methoxy groups -OCH3 is 2. The standard InChI is InChI=1S/C22H25N5O4S/c1-14-6-5-7-19(23-14)25-20(28)11-27(2)12-21(29)26-22-24-17(13-32-22)16-9-8-15(30-3)10-18(16)31-4/h5-10,13H,11-12H2,1-4H3,(H,23,25,28)(H,24,26,29). The van der Waals surface area contributed by atoms with Crippen molar-refractivity contribution in [1.29, 1.82) is 0 Å². The normalized spacial score (nSPS) is 10.7. The van der Waals surface area contributed by atoms with Crippen LogP contribution in [-0.2, 0) is 9.59 Å². The van der Waals surface area contributed by atoms with Gasteiger partial charge in [0.25, 0.3) is 0 Å². The summed E-state index contributed by atoms with van der Waals surface area (Å²) in [4.78, 5) is 34.9. The van der Waals surface area contributed by atoms with Crippen molar-refractivity contribution in [3.63, 3.8) is 0 Å². The zero-order valence-corrected chi connectivity index (χ0v) is 19.2. The Balaban J connectivity index is 1.54. The number of pyridine rings is 1. The van der Waals surface area contributed by atoms with Crippen LogP contribution in [0.4, 0.5) is 10.9 Å². The fourth-order valence-electron chi connectivity index (χ4n) is 2.97. The van der Waals surface area contributed by atoms with E-state index >= 15 is 0 Å². The lowest BCUT2D eigenvalue weighted by molar-refractivity contribution is -0.119. The summed E-state index contributed by atoms with van der Waals surface area (Å²) in [5, 5.41) is 7.80. The summed E-state index contributed by atoms with van der Waals surface area (Å²) in [6.45, 7) is 1.94. The Morgan fingerprint density at radius 2 is 1.78 bits per heavy atom. The Labute approximate surface area is 190 Å². The molecule has 0 aliphatic carbocycles. The molecular formula is C22H25N5O4S. The van der Waals surface area contributed by atoms with Crippen LogP contribution >= 0.6 is 11.3 Å². The van der Waals surface area contributed by atoms with E-state index in [0.29, 0.717) is 28.1 Å². The molecule has 0 radical (unpaired) electrons. The van der Waals surface area contributed by atoms with E-state index in [1.807, 2.05) is 36.6 Å². The Morgan fingerprint density at radius 3 is 2.47 bits per heavy atom. The molecule has 0 fully saturated rings. The smallest absolute Gasteiger partial charge is 0.240 e. The average molecular weight is 456 g/mol. The van der Waals surface area contributed by atoms with E-state index < -0.39 is 0 Å². The van der Waals surface area contributed by atoms with Gasteiger partial charge >= 0.3 is 0 Å². The number of hydrogen-bond acceptors (Lipinski definition) is 8. The van der Waals surface area contributed by atoms with E-state index in [-0.39, 0.29) is 24.9 Å². The van der Waals surface area contributed by atoms with Crippen LogP contribution in [0.5, 0.6) is 11.5 Å². The van der Waals surface area contributed by atoms with Gasteiger partial charge in [-0.15, -0.1) is 11.3 Å². The maximum atomic E-state index is 12.4. The first-order chi connectivity index (χ1) is 15.4. The number of benzene rings is 1. The molecular weight excluding hydrogens is 430 g/mol. The van der Waals surface area contributed by atoms with Crippen molar-refractivity contribution in [1.82, 2.24) is 14.9 Å². The van der Waals surface area contributed by atoms with Gasteiger partial charge in [0.05, 0.1) is 33.0 Å². The summed E-state index contributed by atoms with van der Waals surface area (Å²) in [6, 6.07) is 10.8. The van der Waals surface area contributed by atoms with Crippen molar-refractivity contribution in [3.8, 4) is 22.8 Å². The summed E-state index contributed by atoms with van der Waals surface area (Å²) in [5.74, 6) is 1.27. The lowest BCUT2D eigenvalue weighted by Crippen LogP contribution is -2.36. The molecule has 0 unspecified atom stereocenters. The Kier molecular flexibility index (Phi) is 7.74. The lowest BCUT2D eigenvalue weighted by atomic mass is 10.1. The predicted octanol–water partition coefficient (Wildman–Crippen LogP) is 3.04. The zero-order chi connectivity index (χ0) is 23.1. The first-order valence-electron chi connectivity index (χ1n) is 9.77. The number of hydrogen-bond donors (Lipinski definition) is 2. The van der Waals surface area contributed by atoms with Crippen LogP contribution in [0.15, 0.2) is 41.8 Å². The SMILES string of the molecule is COc1ccc(-c2csc(NC(=O)CN(C)CC(=O)Nc3cccc(C)n3)n2)c(OC)c1. The molecule has 0 bridgehead atoms. The van der Waals surface area contributed by atoms with Gasteiger partial charge in [0.15, 0.2) is 5.13 Å². The quantitative estimate of drug-likeness (QED) is 0.511. The lowest BCUT2D eigenvalue weighted by Gasteiger charge is -2.15. The minimum absolute atomic E-state index is 0.0371. The highest BCUT2D eigenvalue weighted by Gasteiger charge is 2.15. The molecule has 2 N–H and O–H groups in total. The number of thiazole rings is 1. The van der Waals surface area contributed by atoms with E-state index in [9.17, 15) is 9.59 Å². The number of carbonyl (C=O) groups is 2. The van der Waals surface area contributed by atoms with Crippen molar-refractivity contribution < 1.29 is 19.1 Å². The second kappa shape index (κ2) is 10.7. The van der Waals surface area contributed by atoms with Gasteiger partial charge in [-0.3, -0.25) is 14.5 Å². The molecule has 168 valence electrons. The molecule has 2 heterocycles. The molecule has 0 saturated carbocycles. The van der Waals surface area contributed by atoms with Gasteiger partial charge in [0, 0.05) is 22.7 Å². The molecule has 2 aromatic heterocycles. The van der Waals surface area contributed by atoms with Gasteiger partial charge in [0.1, 0.15) is 17.3 Å². The number of nitrogens with one attached hydrogen (secondary N) is 2. The molecule has 0 atom stereocenters. The molecule has 3 aromatic rings. The molecule has 1 aromatic carbocycles. The molecule has 0 aliphatic rings. The number of rotatable bonds is 9. The summed E-state index contributed by atoms with van der Waals surface area (Å²) < 4.78 is 10.6. The van der Waals surface area contributed by atoms with Gasteiger partial charge in [-0.1, -0.05) is 6.07 Å². The van der Waals surface area contributed by atoms with Crippen molar-refractivity contribution in [3.05, 3.63) is 47.5 Å². The number of aromatic nitrogens is 2. The van der Waals surface area contributed by atoms with Gasteiger partial charge < -0.3 is 20.1 Å². The van der Waals surface area contributed by atoms with Gasteiger partial charge in [0.2, 0.25) is 11.8 Å². The number of amides is 2. The molecule has 0 spiro atoms. The molecule has 3 rings (SSSR count). The highest BCUT2D eigenvalue weighted by Crippen LogP contribution is 2.34. The van der Waals surface area contributed by atoms with Crippen LogP contribution in [0, 0.1) is 6.92 Å². The minimum atomic E-state index is -0.267. The monoisotopic (exact) mass is 455 g/mol. The molecule has 0 saturated heterocycles. The Bertz CT molecular complexity index is 1100. The van der Waals surface area contributed by atoms with Crippen molar-refractivity contribution in [2.24, 2.45) is 0 Å². The third-order valence-electron chi connectivity index (χ3n) is 4.42. The molecule has 32 heavy (non-hydrogen) atoms. The summed E-state index contributed by atoms with van der Waals surface area (Å²) in [6.07, 6.45) is 0. The van der Waals surface area contributed by atoms with Crippen molar-refractivity contribution in [2.75, 3.05) is 45.0 Å². The molecule has 10 heteroatoms. The number of carbonyl (C=O) groups excluding carboxylic acids is 2. The van der Waals surface area contributed by atoms with Gasteiger partial charge in [-0.05, 0) is 38.2 Å². The highest BCUT2D eigenvalue weighted by atomic mass is 32.1. The van der Waals surface area contributed by atoms with E-state index in [0.717, 1.165) is 11.3 Å². The first-order valence-corrected chi connectivity index (χ1v) is 10.7. The second-order valence-electron chi connectivity index (χ2n) is 7.04. The van der Waals surface area contributed by atoms with Crippen LogP contribution in [0.25, 0.3) is 11.3 Å². The fourth-order valence-corrected chi connectivity index (χ4v) is 3.69. The van der Waals surface area contributed by atoms with E-state index in [1.54, 1.807) is 38.3 Å². The fraction of sp³-hybridized carbons (Fsp3) is 0.273. The highest BCUT2D eigenvalue weighted by molar-refractivity contribution is 7.14. The minimum Gasteiger partial charge on any atom is -0.497 e. The van der Waals surface area contributed by atoms with E-state index in [2.05, 4.69) is 20.6 Å². The maximum Gasteiger partial charge on any atom is 0.240 e. The van der Waals surface area contributed by atoms with Crippen molar-refractivity contribution in [2.45, 2.75) is 6.92 Å². The predicted molar refractivity (Wildman–Crippen MR) is 124 cm³/mol. The third-order valence-corrected chi connectivity index (χ3v) is 5.18. The van der Waals surface area contributed by atoms with E-state index in [4.69, 9.17) is 9.47 Å². The first kappa shape index (κ1) is 23.2. The average Bonchev–Trinajstić information content (AvgIpc) is 3.20.